The minimum atomic E-state index is -4.43. The molecule has 0 saturated carbocycles. The minimum Gasteiger partial charge on any atom is -0.505 e. The molecule has 0 bridgehead atoms. The van der Waals surface area contributed by atoms with Gasteiger partial charge in [0.1, 0.15) is 11.4 Å². The first kappa shape index (κ1) is 33.9. The second kappa shape index (κ2) is 13.9. The highest BCUT2D eigenvalue weighted by molar-refractivity contribution is 6.33. The maximum absolute atomic E-state index is 13.6. The molecule has 6 heterocycles. The highest BCUT2D eigenvalue weighted by Gasteiger charge is 2.32. The van der Waals surface area contributed by atoms with Crippen LogP contribution in [0.3, 0.4) is 0 Å². The first-order chi connectivity index (χ1) is 23.5. The van der Waals surface area contributed by atoms with Crippen molar-refractivity contribution in [1.29, 1.82) is 0 Å². The summed E-state index contributed by atoms with van der Waals surface area (Å²) in [6.07, 6.45) is 1.91. The van der Waals surface area contributed by atoms with Crippen LogP contribution in [0.15, 0.2) is 41.3 Å². The number of nitrogens with one attached hydrogen (secondary N) is 1. The quantitative estimate of drug-likeness (QED) is 0.296. The molecule has 1 fully saturated rings. The average Bonchev–Trinajstić information content (AvgIpc) is 3.76. The number of ether oxygens (including phenoxy) is 1. The Morgan fingerprint density at radius 3 is 2.57 bits per heavy atom. The van der Waals surface area contributed by atoms with Crippen LogP contribution in [0.1, 0.15) is 46.0 Å². The van der Waals surface area contributed by atoms with Crippen LogP contribution in [0.4, 0.5) is 24.5 Å². The molecule has 2 amide bonds. The van der Waals surface area contributed by atoms with Crippen LogP contribution in [-0.2, 0) is 28.7 Å². The molecule has 3 aliphatic rings. The van der Waals surface area contributed by atoms with Crippen molar-refractivity contribution in [3.63, 3.8) is 0 Å². The number of aromatic hydroxyl groups is 1. The molecule has 3 aromatic heterocycles. The number of aryl methyl sites for hydroxylation is 2. The molecule has 258 valence electrons. The number of halogens is 4. The van der Waals surface area contributed by atoms with E-state index in [-0.39, 0.29) is 33.5 Å². The zero-order valence-electron chi connectivity index (χ0n) is 26.3. The van der Waals surface area contributed by atoms with Crippen LogP contribution >= 0.6 is 11.6 Å². The molecule has 3 aliphatic heterocycles. The highest BCUT2D eigenvalue weighted by atomic mass is 35.5. The number of anilines is 2. The van der Waals surface area contributed by atoms with Crippen molar-refractivity contribution in [3.8, 4) is 5.75 Å². The van der Waals surface area contributed by atoms with Gasteiger partial charge in [0.15, 0.2) is 5.82 Å². The van der Waals surface area contributed by atoms with Crippen LogP contribution in [0.25, 0.3) is 11.4 Å². The number of fused-ring (bicyclic) bond motifs is 3. The Hall–Kier alpha value is -4.96. The predicted octanol–water partition coefficient (Wildman–Crippen LogP) is 3.94. The maximum atomic E-state index is 13.6. The number of aromatic nitrogens is 5. The van der Waals surface area contributed by atoms with E-state index in [0.717, 1.165) is 55.3 Å². The van der Waals surface area contributed by atoms with Crippen molar-refractivity contribution in [2.24, 2.45) is 0 Å². The van der Waals surface area contributed by atoms with Gasteiger partial charge >= 0.3 is 6.18 Å². The van der Waals surface area contributed by atoms with Crippen LogP contribution < -0.4 is 15.8 Å². The van der Waals surface area contributed by atoms with E-state index in [1.165, 1.54) is 10.7 Å². The Bertz CT molecular complexity index is 2000. The number of pyridine rings is 1. The van der Waals surface area contributed by atoms with E-state index >= 15 is 0 Å². The number of amides is 2. The van der Waals surface area contributed by atoms with Gasteiger partial charge in [-0.25, -0.2) is 0 Å². The molecule has 4 aromatic rings. The summed E-state index contributed by atoms with van der Waals surface area (Å²) in [6, 6.07) is 4.24. The molecule has 1 saturated heterocycles. The van der Waals surface area contributed by atoms with Gasteiger partial charge in [-0.1, -0.05) is 17.7 Å². The van der Waals surface area contributed by atoms with E-state index < -0.39 is 11.7 Å². The second-order valence-electron chi connectivity index (χ2n) is 11.6. The summed E-state index contributed by atoms with van der Waals surface area (Å²) in [4.78, 5) is 49.2. The molecule has 0 spiro atoms. The maximum Gasteiger partial charge on any atom is 0.416 e. The Balaban J connectivity index is 0.000000251. The van der Waals surface area contributed by atoms with Gasteiger partial charge in [0.2, 0.25) is 12.2 Å². The number of alkyl halides is 3. The van der Waals surface area contributed by atoms with Crippen LogP contribution in [0.2, 0.25) is 5.02 Å². The zero-order valence-corrected chi connectivity index (χ0v) is 27.1. The van der Waals surface area contributed by atoms with E-state index in [1.807, 2.05) is 6.08 Å². The fourth-order valence-corrected chi connectivity index (χ4v) is 6.31. The van der Waals surface area contributed by atoms with Crippen molar-refractivity contribution in [2.45, 2.75) is 38.9 Å². The van der Waals surface area contributed by atoms with Crippen LogP contribution in [-0.4, -0.2) is 85.9 Å². The molecule has 0 atom stereocenters. The summed E-state index contributed by atoms with van der Waals surface area (Å²) in [5.41, 5.74) is 2.47. The zero-order chi connectivity index (χ0) is 34.9. The highest BCUT2D eigenvalue weighted by Crippen LogP contribution is 2.33. The largest absolute Gasteiger partial charge is 0.505 e. The molecule has 49 heavy (non-hydrogen) atoms. The van der Waals surface area contributed by atoms with E-state index in [0.29, 0.717) is 68.8 Å². The smallest absolute Gasteiger partial charge is 0.416 e. The van der Waals surface area contributed by atoms with Crippen LogP contribution in [0, 0.1) is 6.92 Å². The summed E-state index contributed by atoms with van der Waals surface area (Å²) < 4.78 is 45.4. The lowest BCUT2D eigenvalue weighted by atomic mass is 10.1. The molecule has 0 aliphatic carbocycles. The molecular formula is C32H32ClF3N8O5. The van der Waals surface area contributed by atoms with Crippen molar-refractivity contribution in [3.05, 3.63) is 80.3 Å². The summed E-state index contributed by atoms with van der Waals surface area (Å²) >= 11 is 5.49. The van der Waals surface area contributed by atoms with Gasteiger partial charge in [-0.15, -0.1) is 5.10 Å². The fourth-order valence-electron chi connectivity index (χ4n) is 6.07. The van der Waals surface area contributed by atoms with Gasteiger partial charge in [-0.05, 0) is 56.0 Å². The number of nitrogens with zero attached hydrogens (tertiary/aromatic N) is 7. The standard InChI is InChI=1S/C24H27N7O4.C8H5ClF3NO/c1-15-20(32)17(4-7-25-15)22(33)29-11-9-28(10-12-29)19-18-3-2-8-30(18)24-26-21(27-31(24)23(19)34)16-5-13-35-14-6-16;9-6-3-5(8(10,11)12)1-2-7(6)13-4-14/h4-5,7,32H,2-3,6,8-14H2,1H3;1-4H,(H,13,14). The third kappa shape index (κ3) is 6.83. The minimum absolute atomic E-state index is 0.0805. The first-order valence-electron chi connectivity index (χ1n) is 15.5. The van der Waals surface area contributed by atoms with E-state index in [2.05, 4.69) is 24.9 Å². The van der Waals surface area contributed by atoms with Gasteiger partial charge < -0.3 is 29.5 Å². The summed E-state index contributed by atoms with van der Waals surface area (Å²) in [5.74, 6) is 0.872. The third-order valence-corrected chi connectivity index (χ3v) is 8.92. The molecule has 13 nitrogen and oxygen atoms in total. The first-order valence-corrected chi connectivity index (χ1v) is 15.9. The van der Waals surface area contributed by atoms with Crippen molar-refractivity contribution < 1.29 is 32.6 Å². The molecular weight excluding hydrogens is 669 g/mol. The normalized spacial score (nSPS) is 16.1. The summed E-state index contributed by atoms with van der Waals surface area (Å²) in [5, 5.41) is 16.9. The average molecular weight is 701 g/mol. The van der Waals surface area contributed by atoms with Gasteiger partial charge in [-0.2, -0.15) is 22.7 Å². The van der Waals surface area contributed by atoms with Crippen LogP contribution in [0.5, 0.6) is 5.75 Å². The van der Waals surface area contributed by atoms with Crippen molar-refractivity contribution in [2.75, 3.05) is 49.6 Å². The number of carbonyl (C=O) groups is 2. The van der Waals surface area contributed by atoms with E-state index in [9.17, 15) is 32.7 Å². The lowest BCUT2D eigenvalue weighted by Gasteiger charge is -2.36. The lowest BCUT2D eigenvalue weighted by molar-refractivity contribution is -0.137. The molecule has 17 heteroatoms. The Kier molecular flexibility index (Phi) is 9.61. The third-order valence-electron chi connectivity index (χ3n) is 8.60. The number of benzene rings is 1. The monoisotopic (exact) mass is 700 g/mol. The summed E-state index contributed by atoms with van der Waals surface area (Å²) in [6.45, 7) is 5.57. The Morgan fingerprint density at radius 2 is 1.90 bits per heavy atom. The van der Waals surface area contributed by atoms with Crippen molar-refractivity contribution >= 4 is 46.6 Å². The lowest BCUT2D eigenvalue weighted by Crippen LogP contribution is -2.50. The fraction of sp³-hybridized carbons (Fsp3) is 0.375. The van der Waals surface area contributed by atoms with E-state index in [4.69, 9.17) is 21.3 Å². The Labute approximate surface area is 282 Å². The molecule has 7 rings (SSSR count). The Morgan fingerprint density at radius 1 is 1.12 bits per heavy atom. The number of piperazine rings is 1. The number of rotatable bonds is 5. The van der Waals surface area contributed by atoms with Gasteiger partial charge in [0.05, 0.1) is 46.4 Å². The number of hydrogen-bond acceptors (Lipinski definition) is 9. The van der Waals surface area contributed by atoms with Gasteiger partial charge in [0, 0.05) is 38.9 Å². The van der Waals surface area contributed by atoms with Gasteiger partial charge in [0.25, 0.3) is 11.5 Å². The molecule has 2 N–H and O–H groups in total. The topological polar surface area (TPSA) is 147 Å². The van der Waals surface area contributed by atoms with E-state index in [1.54, 1.807) is 17.9 Å². The summed E-state index contributed by atoms with van der Waals surface area (Å²) in [7, 11) is 0. The molecule has 0 radical (unpaired) electrons. The van der Waals surface area contributed by atoms with Gasteiger partial charge in [-0.3, -0.25) is 19.4 Å². The number of hydrogen-bond donors (Lipinski definition) is 2. The van der Waals surface area contributed by atoms with Crippen molar-refractivity contribution in [1.82, 2.24) is 29.0 Å². The SMILES string of the molecule is Cc1nccc(C(=O)N2CCN(c3c4n(c5nc(C6=CCOCC6)nn5c3=O)CCC4)CC2)c1O.O=CNc1ccc(C(F)(F)F)cc1Cl. The number of carbonyl (C=O) groups excluding carboxylic acids is 2. The molecule has 1 aromatic carbocycles. The predicted molar refractivity (Wildman–Crippen MR) is 174 cm³/mol. The second-order valence-corrected chi connectivity index (χ2v) is 12.0. The molecule has 0 unspecified atom stereocenters.